The van der Waals surface area contributed by atoms with E-state index in [-0.39, 0.29) is 12.5 Å². The Bertz CT molecular complexity index is 974. The summed E-state index contributed by atoms with van der Waals surface area (Å²) in [5.74, 6) is -0.122. The first-order chi connectivity index (χ1) is 13.6. The van der Waals surface area contributed by atoms with E-state index in [2.05, 4.69) is 68.1 Å². The van der Waals surface area contributed by atoms with E-state index < -0.39 is 0 Å². The molecule has 0 bridgehead atoms. The predicted octanol–water partition coefficient (Wildman–Crippen LogP) is 2.04. The topological polar surface area (TPSA) is 64.3 Å². The van der Waals surface area contributed by atoms with Crippen molar-refractivity contribution in [3.8, 4) is 0 Å². The predicted molar refractivity (Wildman–Crippen MR) is 108 cm³/mol. The van der Waals surface area contributed by atoms with E-state index in [0.717, 1.165) is 38.3 Å². The number of nitrogens with one attached hydrogen (secondary N) is 1. The SMILES string of the molecule is COCC(=O)NCc1cc2n(n1)CCCN(Cc1cccc3c1ccn3C)C2. The van der Waals surface area contributed by atoms with Crippen molar-refractivity contribution in [2.24, 2.45) is 7.05 Å². The van der Waals surface area contributed by atoms with Crippen molar-refractivity contribution < 1.29 is 9.53 Å². The van der Waals surface area contributed by atoms with E-state index in [1.807, 2.05) is 0 Å². The summed E-state index contributed by atoms with van der Waals surface area (Å²) in [5, 5.41) is 8.83. The summed E-state index contributed by atoms with van der Waals surface area (Å²) in [5.41, 5.74) is 4.73. The van der Waals surface area contributed by atoms with Crippen LogP contribution >= 0.6 is 0 Å². The molecule has 1 aromatic carbocycles. The van der Waals surface area contributed by atoms with Crippen LogP contribution in [0.5, 0.6) is 0 Å². The fourth-order valence-electron chi connectivity index (χ4n) is 3.93. The molecule has 7 heteroatoms. The third-order valence-electron chi connectivity index (χ3n) is 5.30. The van der Waals surface area contributed by atoms with Gasteiger partial charge >= 0.3 is 0 Å². The molecule has 1 aliphatic heterocycles. The Balaban J connectivity index is 1.46. The average molecular weight is 381 g/mol. The highest BCUT2D eigenvalue weighted by Crippen LogP contribution is 2.23. The van der Waals surface area contributed by atoms with E-state index in [4.69, 9.17) is 4.74 Å². The number of fused-ring (bicyclic) bond motifs is 2. The number of ether oxygens (including phenoxy) is 1. The summed E-state index contributed by atoms with van der Waals surface area (Å²) in [4.78, 5) is 14.1. The molecule has 2 aromatic heterocycles. The number of benzene rings is 1. The molecule has 7 nitrogen and oxygen atoms in total. The molecule has 1 N–H and O–H groups in total. The van der Waals surface area contributed by atoms with Gasteiger partial charge in [-0.3, -0.25) is 14.4 Å². The summed E-state index contributed by atoms with van der Waals surface area (Å²) >= 11 is 0. The summed E-state index contributed by atoms with van der Waals surface area (Å²) < 4.78 is 9.10. The first-order valence-corrected chi connectivity index (χ1v) is 9.70. The molecule has 4 rings (SSSR count). The van der Waals surface area contributed by atoms with Gasteiger partial charge in [0.2, 0.25) is 5.91 Å². The van der Waals surface area contributed by atoms with E-state index in [9.17, 15) is 4.79 Å². The van der Waals surface area contributed by atoms with Crippen LogP contribution in [-0.2, 0) is 42.8 Å². The van der Waals surface area contributed by atoms with Gasteiger partial charge in [-0.05, 0) is 30.2 Å². The van der Waals surface area contributed by atoms with Gasteiger partial charge < -0.3 is 14.6 Å². The molecule has 0 aliphatic carbocycles. The molecule has 3 aromatic rings. The monoisotopic (exact) mass is 381 g/mol. The molecule has 148 valence electrons. The number of carbonyl (C=O) groups excluding carboxylic acids is 1. The molecular formula is C21H27N5O2. The first kappa shape index (κ1) is 18.7. The fraction of sp³-hybridized carbons (Fsp3) is 0.429. The lowest BCUT2D eigenvalue weighted by atomic mass is 10.1. The minimum absolute atomic E-state index is 0.0758. The Kier molecular flexibility index (Phi) is 5.45. The minimum atomic E-state index is -0.122. The zero-order chi connectivity index (χ0) is 19.5. The number of hydrogen-bond donors (Lipinski definition) is 1. The first-order valence-electron chi connectivity index (χ1n) is 9.70. The van der Waals surface area contributed by atoms with Gasteiger partial charge in [0.15, 0.2) is 0 Å². The van der Waals surface area contributed by atoms with Crippen molar-refractivity contribution >= 4 is 16.8 Å². The van der Waals surface area contributed by atoms with Gasteiger partial charge in [0.05, 0.1) is 17.9 Å². The molecular weight excluding hydrogens is 354 g/mol. The van der Waals surface area contributed by atoms with Gasteiger partial charge in [-0.15, -0.1) is 0 Å². The van der Waals surface area contributed by atoms with E-state index in [0.29, 0.717) is 6.54 Å². The molecule has 1 aliphatic rings. The van der Waals surface area contributed by atoms with Crippen molar-refractivity contribution in [3.05, 3.63) is 53.5 Å². The Labute approximate surface area is 164 Å². The number of nitrogens with zero attached hydrogens (tertiary/aromatic N) is 4. The van der Waals surface area contributed by atoms with Gasteiger partial charge in [-0.1, -0.05) is 12.1 Å². The lowest BCUT2D eigenvalue weighted by Crippen LogP contribution is -2.26. The van der Waals surface area contributed by atoms with Crippen molar-refractivity contribution in [2.75, 3.05) is 20.3 Å². The third-order valence-corrected chi connectivity index (χ3v) is 5.30. The van der Waals surface area contributed by atoms with E-state index in [1.54, 1.807) is 0 Å². The molecule has 0 saturated heterocycles. The highest BCUT2D eigenvalue weighted by atomic mass is 16.5. The molecule has 0 atom stereocenters. The van der Waals surface area contributed by atoms with Gasteiger partial charge in [0.25, 0.3) is 0 Å². The normalized spacial score (nSPS) is 14.8. The largest absolute Gasteiger partial charge is 0.375 e. The molecule has 1 amide bonds. The van der Waals surface area contributed by atoms with E-state index >= 15 is 0 Å². The van der Waals surface area contributed by atoms with Crippen LogP contribution < -0.4 is 5.32 Å². The van der Waals surface area contributed by atoms with Crippen LogP contribution in [0.4, 0.5) is 0 Å². The van der Waals surface area contributed by atoms with Gasteiger partial charge in [0.1, 0.15) is 6.61 Å². The molecule has 0 radical (unpaired) electrons. The molecule has 0 fully saturated rings. The van der Waals surface area contributed by atoms with Crippen molar-refractivity contribution in [3.63, 3.8) is 0 Å². The number of carbonyl (C=O) groups is 1. The minimum Gasteiger partial charge on any atom is -0.375 e. The summed E-state index contributed by atoms with van der Waals surface area (Å²) in [7, 11) is 3.60. The Morgan fingerprint density at radius 3 is 3.04 bits per heavy atom. The summed E-state index contributed by atoms with van der Waals surface area (Å²) in [6, 6.07) is 10.8. The number of amides is 1. The van der Waals surface area contributed by atoms with Gasteiger partial charge in [-0.25, -0.2) is 0 Å². The Morgan fingerprint density at radius 1 is 1.29 bits per heavy atom. The smallest absolute Gasteiger partial charge is 0.246 e. The zero-order valence-corrected chi connectivity index (χ0v) is 16.5. The quantitative estimate of drug-likeness (QED) is 0.710. The number of rotatable bonds is 6. The Hall–Kier alpha value is -2.64. The van der Waals surface area contributed by atoms with Crippen molar-refractivity contribution in [2.45, 2.75) is 32.6 Å². The van der Waals surface area contributed by atoms with Gasteiger partial charge in [0, 0.05) is 57.4 Å². The number of aromatic nitrogens is 3. The van der Waals surface area contributed by atoms with E-state index in [1.165, 1.54) is 29.3 Å². The lowest BCUT2D eigenvalue weighted by Gasteiger charge is -2.20. The number of methoxy groups -OCH3 is 1. The third kappa shape index (κ3) is 3.95. The molecule has 0 saturated carbocycles. The van der Waals surface area contributed by atoms with Crippen LogP contribution in [0.2, 0.25) is 0 Å². The maximum absolute atomic E-state index is 11.6. The molecule has 0 unspecified atom stereocenters. The maximum Gasteiger partial charge on any atom is 0.246 e. The second kappa shape index (κ2) is 8.16. The fourth-order valence-corrected chi connectivity index (χ4v) is 3.93. The van der Waals surface area contributed by atoms with Crippen LogP contribution in [0.25, 0.3) is 10.9 Å². The zero-order valence-electron chi connectivity index (χ0n) is 16.5. The van der Waals surface area contributed by atoms with Crippen LogP contribution in [0.1, 0.15) is 23.4 Å². The van der Waals surface area contributed by atoms with Crippen LogP contribution in [-0.4, -0.2) is 45.4 Å². The average Bonchev–Trinajstić information content (AvgIpc) is 3.19. The van der Waals surface area contributed by atoms with Gasteiger partial charge in [-0.2, -0.15) is 5.10 Å². The van der Waals surface area contributed by atoms with Crippen LogP contribution in [0.3, 0.4) is 0 Å². The van der Waals surface area contributed by atoms with Crippen LogP contribution in [0, 0.1) is 0 Å². The van der Waals surface area contributed by atoms with Crippen LogP contribution in [0.15, 0.2) is 36.5 Å². The Morgan fingerprint density at radius 2 is 2.18 bits per heavy atom. The second-order valence-corrected chi connectivity index (χ2v) is 7.40. The molecule has 0 spiro atoms. The highest BCUT2D eigenvalue weighted by molar-refractivity contribution is 5.83. The standard InChI is InChI=1S/C21H27N5O2/c1-24-10-7-19-16(5-3-6-20(19)24)13-25-8-4-9-26-18(14-25)11-17(23-26)12-22-21(27)15-28-2/h3,5-7,10-11H,4,8-9,12-15H2,1-2H3,(H,22,27). The number of hydrogen-bond acceptors (Lipinski definition) is 4. The number of aryl methyl sites for hydroxylation is 2. The van der Waals surface area contributed by atoms with Crippen molar-refractivity contribution in [1.29, 1.82) is 0 Å². The maximum atomic E-state index is 11.6. The summed E-state index contributed by atoms with van der Waals surface area (Å²) in [6.45, 7) is 4.26. The molecule has 28 heavy (non-hydrogen) atoms. The second-order valence-electron chi connectivity index (χ2n) is 7.40. The lowest BCUT2D eigenvalue weighted by molar-refractivity contribution is -0.124. The molecule has 3 heterocycles. The highest BCUT2D eigenvalue weighted by Gasteiger charge is 2.18. The summed E-state index contributed by atoms with van der Waals surface area (Å²) in [6.07, 6.45) is 3.19. The van der Waals surface area contributed by atoms with Crippen molar-refractivity contribution in [1.82, 2.24) is 24.6 Å².